The molecule has 136 valence electrons. The second-order valence-electron chi connectivity index (χ2n) is 5.83. The van der Waals surface area contributed by atoms with E-state index in [4.69, 9.17) is 14.2 Å². The Labute approximate surface area is 158 Å². The van der Waals surface area contributed by atoms with E-state index < -0.39 is 0 Å². The van der Waals surface area contributed by atoms with Crippen molar-refractivity contribution < 1.29 is 14.2 Å². The molecule has 0 heterocycles. The van der Waals surface area contributed by atoms with Gasteiger partial charge in [-0.2, -0.15) is 0 Å². The lowest BCUT2D eigenvalue weighted by molar-refractivity contribution is 0.194. The zero-order valence-corrected chi connectivity index (χ0v) is 16.7. The van der Waals surface area contributed by atoms with Crippen LogP contribution in [0.15, 0.2) is 40.9 Å². The van der Waals surface area contributed by atoms with Gasteiger partial charge in [0.1, 0.15) is 6.61 Å². The van der Waals surface area contributed by atoms with E-state index in [0.717, 1.165) is 47.7 Å². The summed E-state index contributed by atoms with van der Waals surface area (Å²) in [6.45, 7) is 5.05. The van der Waals surface area contributed by atoms with Gasteiger partial charge in [-0.25, -0.2) is 0 Å². The Morgan fingerprint density at radius 3 is 2.56 bits per heavy atom. The molecule has 4 nitrogen and oxygen atoms in total. The minimum Gasteiger partial charge on any atom is -0.493 e. The fourth-order valence-electron chi connectivity index (χ4n) is 2.48. The van der Waals surface area contributed by atoms with Crippen molar-refractivity contribution in [3.63, 3.8) is 0 Å². The topological polar surface area (TPSA) is 39.7 Å². The predicted octanol–water partition coefficient (Wildman–Crippen LogP) is 4.47. The Bertz CT molecular complexity index is 676. The van der Waals surface area contributed by atoms with Crippen LogP contribution in [0, 0.1) is 6.92 Å². The van der Waals surface area contributed by atoms with Crippen molar-refractivity contribution in [2.24, 2.45) is 0 Å². The maximum absolute atomic E-state index is 6.00. The summed E-state index contributed by atoms with van der Waals surface area (Å²) in [5, 5.41) is 3.41. The van der Waals surface area contributed by atoms with Gasteiger partial charge in [0.2, 0.25) is 0 Å². The fourth-order valence-corrected chi connectivity index (χ4v) is 2.94. The number of benzene rings is 2. The monoisotopic (exact) mass is 407 g/mol. The molecule has 1 N–H and O–H groups in total. The smallest absolute Gasteiger partial charge is 0.162 e. The molecule has 0 saturated heterocycles. The van der Waals surface area contributed by atoms with Gasteiger partial charge in [0, 0.05) is 24.7 Å². The van der Waals surface area contributed by atoms with E-state index in [1.54, 1.807) is 14.2 Å². The van der Waals surface area contributed by atoms with Crippen molar-refractivity contribution in [3.8, 4) is 11.5 Å². The van der Waals surface area contributed by atoms with Gasteiger partial charge >= 0.3 is 0 Å². The molecule has 2 rings (SSSR count). The predicted molar refractivity (Wildman–Crippen MR) is 104 cm³/mol. The molecule has 0 unspecified atom stereocenters. The molecule has 2 aromatic carbocycles. The first kappa shape index (κ1) is 19.8. The van der Waals surface area contributed by atoms with Crippen LogP contribution in [0.5, 0.6) is 11.5 Å². The Balaban J connectivity index is 2.01. The zero-order chi connectivity index (χ0) is 18.1. The van der Waals surface area contributed by atoms with E-state index in [1.165, 1.54) is 11.1 Å². The maximum atomic E-state index is 6.00. The van der Waals surface area contributed by atoms with E-state index in [1.807, 2.05) is 24.3 Å². The average Bonchev–Trinajstić information content (AvgIpc) is 2.62. The summed E-state index contributed by atoms with van der Waals surface area (Å²) in [6.07, 6.45) is 0.989. The van der Waals surface area contributed by atoms with E-state index in [-0.39, 0.29) is 0 Å². The van der Waals surface area contributed by atoms with Crippen molar-refractivity contribution in [2.45, 2.75) is 26.5 Å². The largest absolute Gasteiger partial charge is 0.493 e. The van der Waals surface area contributed by atoms with Crippen LogP contribution in [0.4, 0.5) is 0 Å². The molecule has 0 atom stereocenters. The van der Waals surface area contributed by atoms with Gasteiger partial charge in [0.15, 0.2) is 11.5 Å². The van der Waals surface area contributed by atoms with Gasteiger partial charge in [-0.05, 0) is 48.7 Å². The normalized spacial score (nSPS) is 10.7. The quantitative estimate of drug-likeness (QED) is 0.589. The summed E-state index contributed by atoms with van der Waals surface area (Å²) in [6, 6.07) is 12.2. The molecule has 0 aromatic heterocycles. The van der Waals surface area contributed by atoms with E-state index in [2.05, 4.69) is 40.3 Å². The van der Waals surface area contributed by atoms with Gasteiger partial charge in [0.05, 0.1) is 7.11 Å². The van der Waals surface area contributed by atoms with Gasteiger partial charge in [0.25, 0.3) is 0 Å². The summed E-state index contributed by atoms with van der Waals surface area (Å²) in [5.74, 6) is 1.48. The van der Waals surface area contributed by atoms with Crippen LogP contribution in [-0.2, 0) is 17.9 Å². The van der Waals surface area contributed by atoms with Crippen LogP contribution >= 0.6 is 15.9 Å². The first-order valence-electron chi connectivity index (χ1n) is 8.39. The fraction of sp³-hybridized carbons (Fsp3) is 0.400. The van der Waals surface area contributed by atoms with Gasteiger partial charge in [-0.3, -0.25) is 0 Å². The highest BCUT2D eigenvalue weighted by Crippen LogP contribution is 2.34. The molecule has 0 fully saturated rings. The minimum atomic E-state index is 0.518. The van der Waals surface area contributed by atoms with Crippen molar-refractivity contribution in [1.29, 1.82) is 0 Å². The van der Waals surface area contributed by atoms with E-state index >= 15 is 0 Å². The first-order valence-corrected chi connectivity index (χ1v) is 9.18. The highest BCUT2D eigenvalue weighted by Gasteiger charge is 2.11. The van der Waals surface area contributed by atoms with Crippen LogP contribution in [0.3, 0.4) is 0 Å². The third kappa shape index (κ3) is 6.03. The van der Waals surface area contributed by atoms with Gasteiger partial charge < -0.3 is 19.5 Å². The first-order chi connectivity index (χ1) is 12.2. The molecule has 0 aliphatic heterocycles. The Kier molecular flexibility index (Phi) is 8.25. The zero-order valence-electron chi connectivity index (χ0n) is 15.1. The summed E-state index contributed by atoms with van der Waals surface area (Å²) < 4.78 is 17.6. The lowest BCUT2D eigenvalue weighted by Crippen LogP contribution is -2.16. The van der Waals surface area contributed by atoms with Crippen molar-refractivity contribution >= 4 is 15.9 Å². The molecule has 0 aliphatic carbocycles. The third-order valence-electron chi connectivity index (χ3n) is 3.99. The number of halogens is 1. The number of ether oxygens (including phenoxy) is 3. The number of nitrogens with one attached hydrogen (secondary N) is 1. The molecule has 0 saturated carbocycles. The summed E-state index contributed by atoms with van der Waals surface area (Å²) in [4.78, 5) is 0. The van der Waals surface area contributed by atoms with Crippen molar-refractivity contribution in [2.75, 3.05) is 27.4 Å². The number of methoxy groups -OCH3 is 2. The van der Waals surface area contributed by atoms with Crippen LogP contribution in [0.1, 0.15) is 23.1 Å². The van der Waals surface area contributed by atoms with Crippen LogP contribution < -0.4 is 14.8 Å². The van der Waals surface area contributed by atoms with Crippen molar-refractivity contribution in [3.05, 3.63) is 57.6 Å². The Hall–Kier alpha value is -1.56. The molecule has 0 radical (unpaired) electrons. The summed E-state index contributed by atoms with van der Waals surface area (Å²) >= 11 is 3.63. The molecule has 25 heavy (non-hydrogen) atoms. The van der Waals surface area contributed by atoms with Crippen LogP contribution in [0.2, 0.25) is 0 Å². The standard InChI is InChI=1S/C20H26BrNO3/c1-15-7-4-5-8-16(15)14-25-20-12-18(21)17(11-19(20)24-3)13-22-9-6-10-23-2/h4-5,7-8,11-12,22H,6,9-10,13-14H2,1-3H3. The minimum absolute atomic E-state index is 0.518. The van der Waals surface area contributed by atoms with Crippen molar-refractivity contribution in [1.82, 2.24) is 5.32 Å². The molecule has 5 heteroatoms. The molecule has 0 amide bonds. The van der Waals surface area contributed by atoms with E-state index in [0.29, 0.717) is 6.61 Å². The molecule has 0 bridgehead atoms. The molecular weight excluding hydrogens is 382 g/mol. The third-order valence-corrected chi connectivity index (χ3v) is 4.73. The van der Waals surface area contributed by atoms with Gasteiger partial charge in [-0.15, -0.1) is 0 Å². The lowest BCUT2D eigenvalue weighted by atomic mass is 10.1. The molecule has 0 aliphatic rings. The second kappa shape index (κ2) is 10.4. The maximum Gasteiger partial charge on any atom is 0.162 e. The highest BCUT2D eigenvalue weighted by atomic mass is 79.9. The number of hydrogen-bond acceptors (Lipinski definition) is 4. The summed E-state index contributed by atoms with van der Waals surface area (Å²) in [7, 11) is 3.39. The Morgan fingerprint density at radius 2 is 1.84 bits per heavy atom. The van der Waals surface area contributed by atoms with E-state index in [9.17, 15) is 0 Å². The SMILES string of the molecule is COCCCNCc1cc(OC)c(OCc2ccccc2C)cc1Br. The van der Waals surface area contributed by atoms with Gasteiger partial charge in [-0.1, -0.05) is 40.2 Å². The lowest BCUT2D eigenvalue weighted by Gasteiger charge is -2.15. The summed E-state index contributed by atoms with van der Waals surface area (Å²) in [5.41, 5.74) is 3.53. The number of rotatable bonds is 10. The number of aryl methyl sites for hydroxylation is 1. The Morgan fingerprint density at radius 1 is 1.04 bits per heavy atom. The molecule has 2 aromatic rings. The van der Waals surface area contributed by atoms with Crippen LogP contribution in [0.25, 0.3) is 0 Å². The van der Waals surface area contributed by atoms with Crippen LogP contribution in [-0.4, -0.2) is 27.4 Å². The second-order valence-corrected chi connectivity index (χ2v) is 6.69. The molecule has 0 spiro atoms. The highest BCUT2D eigenvalue weighted by molar-refractivity contribution is 9.10. The average molecular weight is 408 g/mol. The molecular formula is C20H26BrNO3. The number of hydrogen-bond donors (Lipinski definition) is 1.